The van der Waals surface area contributed by atoms with Crippen LogP contribution in [0.3, 0.4) is 0 Å². The van der Waals surface area contributed by atoms with Crippen LogP contribution in [0.2, 0.25) is 0 Å². The number of nitrogens with one attached hydrogen (secondary N) is 2. The maximum atomic E-state index is 12.4. The highest BCUT2D eigenvalue weighted by atomic mass is 32.2. The molecule has 0 radical (unpaired) electrons. The number of rotatable bonds is 10. The summed E-state index contributed by atoms with van der Waals surface area (Å²) in [6.45, 7) is 2.88. The average Bonchev–Trinajstić information content (AvgIpc) is 2.65. The van der Waals surface area contributed by atoms with E-state index >= 15 is 0 Å². The Morgan fingerprint density at radius 1 is 1.04 bits per heavy atom. The summed E-state index contributed by atoms with van der Waals surface area (Å²) in [6, 6.07) is 13.0. The monoisotopic (exact) mass is 392 g/mol. The first-order valence-electron chi connectivity index (χ1n) is 8.49. The van der Waals surface area contributed by atoms with Gasteiger partial charge in [0.1, 0.15) is 5.75 Å². The van der Waals surface area contributed by atoms with Gasteiger partial charge in [0.05, 0.1) is 4.90 Å². The number of benzene rings is 2. The van der Waals surface area contributed by atoms with Gasteiger partial charge in [0, 0.05) is 25.9 Å². The van der Waals surface area contributed by atoms with E-state index in [2.05, 4.69) is 10.0 Å². The van der Waals surface area contributed by atoms with Crippen molar-refractivity contribution >= 4 is 21.6 Å². The van der Waals surface area contributed by atoms with Crippen molar-refractivity contribution in [2.45, 2.75) is 18.2 Å². The molecule has 146 valence electrons. The van der Waals surface area contributed by atoms with Crippen LogP contribution in [0.5, 0.6) is 5.75 Å². The molecule has 0 aliphatic heterocycles. The molecular formula is C19H24N2O5S. The fourth-order valence-electron chi connectivity index (χ4n) is 2.19. The van der Waals surface area contributed by atoms with Crippen LogP contribution in [0.1, 0.15) is 12.0 Å². The van der Waals surface area contributed by atoms with E-state index in [0.717, 1.165) is 12.0 Å². The highest BCUT2D eigenvalue weighted by molar-refractivity contribution is 7.92. The number of sulfonamides is 1. The molecule has 0 heterocycles. The Bertz CT molecular complexity index is 833. The Hall–Kier alpha value is -2.58. The lowest BCUT2D eigenvalue weighted by Crippen LogP contribution is -2.30. The number of hydrogen-bond donors (Lipinski definition) is 2. The fraction of sp³-hybridized carbons (Fsp3) is 0.316. The van der Waals surface area contributed by atoms with Gasteiger partial charge < -0.3 is 14.8 Å². The summed E-state index contributed by atoms with van der Waals surface area (Å²) in [4.78, 5) is 11.8. The summed E-state index contributed by atoms with van der Waals surface area (Å²) in [5.41, 5.74) is 1.54. The van der Waals surface area contributed by atoms with Crippen LogP contribution in [-0.4, -0.2) is 41.2 Å². The summed E-state index contributed by atoms with van der Waals surface area (Å²) >= 11 is 0. The Morgan fingerprint density at radius 2 is 1.70 bits per heavy atom. The van der Waals surface area contributed by atoms with Gasteiger partial charge in [-0.05, 0) is 49.7 Å². The Balaban J connectivity index is 1.88. The number of aryl methyl sites for hydroxylation is 1. The molecule has 27 heavy (non-hydrogen) atoms. The molecule has 2 rings (SSSR count). The number of hydrogen-bond acceptors (Lipinski definition) is 5. The third-order valence-corrected chi connectivity index (χ3v) is 5.05. The van der Waals surface area contributed by atoms with E-state index < -0.39 is 10.0 Å². The molecule has 0 spiro atoms. The second kappa shape index (κ2) is 9.94. The zero-order chi connectivity index (χ0) is 19.7. The molecule has 0 saturated carbocycles. The zero-order valence-corrected chi connectivity index (χ0v) is 16.2. The van der Waals surface area contributed by atoms with Crippen molar-refractivity contribution in [1.29, 1.82) is 0 Å². The van der Waals surface area contributed by atoms with Crippen molar-refractivity contribution < 1.29 is 22.7 Å². The highest BCUT2D eigenvalue weighted by Gasteiger charge is 2.14. The molecule has 0 bridgehead atoms. The van der Waals surface area contributed by atoms with Gasteiger partial charge in [-0.1, -0.05) is 17.7 Å². The minimum Gasteiger partial charge on any atom is -0.484 e. The summed E-state index contributed by atoms with van der Waals surface area (Å²) < 4.78 is 37.6. The largest absolute Gasteiger partial charge is 0.484 e. The number of ether oxygens (including phenoxy) is 2. The molecular weight excluding hydrogens is 368 g/mol. The van der Waals surface area contributed by atoms with E-state index in [1.165, 1.54) is 24.3 Å². The minimum absolute atomic E-state index is 0.111. The van der Waals surface area contributed by atoms with Crippen LogP contribution in [0.25, 0.3) is 0 Å². The van der Waals surface area contributed by atoms with Gasteiger partial charge in [0.2, 0.25) is 0 Å². The topological polar surface area (TPSA) is 93.7 Å². The third-order valence-electron chi connectivity index (χ3n) is 3.66. The second-order valence-electron chi connectivity index (χ2n) is 5.93. The van der Waals surface area contributed by atoms with Crippen molar-refractivity contribution in [3.8, 4) is 5.75 Å². The summed E-state index contributed by atoms with van der Waals surface area (Å²) in [5, 5.41) is 2.70. The predicted octanol–water partition coefficient (Wildman–Crippen LogP) is 2.33. The first-order valence-corrected chi connectivity index (χ1v) is 9.97. The Kier molecular flexibility index (Phi) is 7.63. The van der Waals surface area contributed by atoms with Crippen molar-refractivity contribution in [2.75, 3.05) is 31.6 Å². The zero-order valence-electron chi connectivity index (χ0n) is 15.4. The molecule has 0 aliphatic rings. The molecule has 0 atom stereocenters. The lowest BCUT2D eigenvalue weighted by atomic mass is 10.2. The van der Waals surface area contributed by atoms with Crippen LogP contribution in [0.15, 0.2) is 53.4 Å². The van der Waals surface area contributed by atoms with Crippen LogP contribution in [-0.2, 0) is 19.6 Å². The number of anilines is 1. The minimum atomic E-state index is -3.69. The van der Waals surface area contributed by atoms with E-state index in [9.17, 15) is 13.2 Å². The van der Waals surface area contributed by atoms with Crippen molar-refractivity contribution in [3.63, 3.8) is 0 Å². The quantitative estimate of drug-likeness (QED) is 0.605. The maximum Gasteiger partial charge on any atom is 0.261 e. The fourth-order valence-corrected chi connectivity index (χ4v) is 3.25. The molecule has 0 saturated heterocycles. The average molecular weight is 392 g/mol. The molecule has 0 fully saturated rings. The first kappa shape index (κ1) is 20.7. The van der Waals surface area contributed by atoms with Gasteiger partial charge in [-0.2, -0.15) is 0 Å². The van der Waals surface area contributed by atoms with Gasteiger partial charge in [-0.15, -0.1) is 0 Å². The predicted molar refractivity (Wildman–Crippen MR) is 103 cm³/mol. The van der Waals surface area contributed by atoms with Crippen LogP contribution < -0.4 is 14.8 Å². The van der Waals surface area contributed by atoms with Crippen molar-refractivity contribution in [3.05, 3.63) is 54.1 Å². The third kappa shape index (κ3) is 6.92. The molecule has 2 aromatic carbocycles. The first-order chi connectivity index (χ1) is 12.9. The van der Waals surface area contributed by atoms with Gasteiger partial charge in [0.25, 0.3) is 15.9 Å². The summed E-state index contributed by atoms with van der Waals surface area (Å²) in [7, 11) is -2.09. The van der Waals surface area contributed by atoms with E-state index in [0.29, 0.717) is 24.6 Å². The number of methoxy groups -OCH3 is 1. The van der Waals surface area contributed by atoms with Crippen LogP contribution in [0.4, 0.5) is 5.69 Å². The van der Waals surface area contributed by atoms with Gasteiger partial charge in [0.15, 0.2) is 6.61 Å². The maximum absolute atomic E-state index is 12.4. The standard InChI is InChI=1S/C19H24N2O5S/c1-15-4-6-16(7-5-15)21-27(23,24)18-10-8-17(9-11-18)26-14-19(22)20-12-3-13-25-2/h4-11,21H,3,12-14H2,1-2H3,(H,20,22). The van der Waals surface area contributed by atoms with Crippen LogP contribution in [0, 0.1) is 6.92 Å². The molecule has 0 aliphatic carbocycles. The SMILES string of the molecule is COCCCNC(=O)COc1ccc(S(=O)(=O)Nc2ccc(C)cc2)cc1. The van der Waals surface area contributed by atoms with Crippen LogP contribution >= 0.6 is 0 Å². The molecule has 7 nitrogen and oxygen atoms in total. The Morgan fingerprint density at radius 3 is 2.33 bits per heavy atom. The smallest absolute Gasteiger partial charge is 0.261 e. The van der Waals surface area contributed by atoms with E-state index in [1.807, 2.05) is 19.1 Å². The van der Waals surface area contributed by atoms with Gasteiger partial charge >= 0.3 is 0 Å². The van der Waals surface area contributed by atoms with E-state index in [1.54, 1.807) is 19.2 Å². The number of carbonyl (C=O) groups excluding carboxylic acids is 1. The summed E-state index contributed by atoms with van der Waals surface area (Å²) in [6.07, 6.45) is 0.725. The lowest BCUT2D eigenvalue weighted by molar-refractivity contribution is -0.123. The number of carbonyl (C=O) groups is 1. The van der Waals surface area contributed by atoms with Crippen molar-refractivity contribution in [1.82, 2.24) is 5.32 Å². The molecule has 1 amide bonds. The highest BCUT2D eigenvalue weighted by Crippen LogP contribution is 2.19. The van der Waals surface area contributed by atoms with E-state index in [4.69, 9.17) is 9.47 Å². The summed E-state index contributed by atoms with van der Waals surface area (Å²) in [5.74, 6) is 0.167. The molecule has 0 unspecified atom stereocenters. The van der Waals surface area contributed by atoms with Gasteiger partial charge in [-0.25, -0.2) is 8.42 Å². The van der Waals surface area contributed by atoms with Gasteiger partial charge in [-0.3, -0.25) is 9.52 Å². The number of amides is 1. The molecule has 2 N–H and O–H groups in total. The normalized spacial score (nSPS) is 11.0. The van der Waals surface area contributed by atoms with Crippen molar-refractivity contribution in [2.24, 2.45) is 0 Å². The van der Waals surface area contributed by atoms with E-state index in [-0.39, 0.29) is 17.4 Å². The molecule has 2 aromatic rings. The molecule has 8 heteroatoms. The second-order valence-corrected chi connectivity index (χ2v) is 7.61. The molecule has 0 aromatic heterocycles. The Labute approximate surface area is 159 Å². The lowest BCUT2D eigenvalue weighted by Gasteiger charge is -2.10.